The fourth-order valence-corrected chi connectivity index (χ4v) is 3.20. The van der Waals surface area contributed by atoms with Gasteiger partial charge in [-0.25, -0.2) is 4.98 Å². The molecule has 1 aliphatic rings. The molecule has 8 heteroatoms. The molecule has 3 rings (SSSR count). The Kier molecular flexibility index (Phi) is 6.61. The molecule has 0 bridgehead atoms. The molecule has 0 radical (unpaired) electrons. The summed E-state index contributed by atoms with van der Waals surface area (Å²) in [6.07, 6.45) is 0.448. The second kappa shape index (κ2) is 9.15. The van der Waals surface area contributed by atoms with Gasteiger partial charge in [0.25, 0.3) is 5.91 Å². The quantitative estimate of drug-likeness (QED) is 0.775. The number of alkyl halides is 3. The van der Waals surface area contributed by atoms with Crippen LogP contribution in [0.4, 0.5) is 13.2 Å². The van der Waals surface area contributed by atoms with Crippen molar-refractivity contribution in [3.63, 3.8) is 0 Å². The van der Waals surface area contributed by atoms with E-state index in [1.807, 2.05) is 19.1 Å². The van der Waals surface area contributed by atoms with Gasteiger partial charge in [0.15, 0.2) is 6.61 Å². The Morgan fingerprint density at radius 1 is 1.17 bits per heavy atom. The minimum absolute atomic E-state index is 0.00145. The molecule has 1 saturated carbocycles. The van der Waals surface area contributed by atoms with Crippen LogP contribution in [-0.4, -0.2) is 29.6 Å². The average Bonchev–Trinajstić information content (AvgIpc) is 2.69. The monoisotopic (exact) mass is 408 g/mol. The van der Waals surface area contributed by atoms with Crippen LogP contribution in [0.2, 0.25) is 0 Å². The van der Waals surface area contributed by atoms with E-state index in [2.05, 4.69) is 10.3 Å². The maximum absolute atomic E-state index is 12.7. The van der Waals surface area contributed by atoms with Crippen LogP contribution in [0, 0.1) is 6.92 Å². The van der Waals surface area contributed by atoms with E-state index in [0.717, 1.165) is 43.4 Å². The van der Waals surface area contributed by atoms with Crippen molar-refractivity contribution < 1.29 is 27.4 Å². The highest BCUT2D eigenvalue weighted by Gasteiger charge is 2.30. The first kappa shape index (κ1) is 21.0. The van der Waals surface area contributed by atoms with Gasteiger partial charge in [-0.2, -0.15) is 13.2 Å². The number of halogens is 3. The first-order valence-electron chi connectivity index (χ1n) is 9.48. The molecule has 1 aromatic carbocycles. The standard InChI is InChI=1S/C21H23F3N2O3/c1-14-5-10-20(25-12-14)29-17-8-6-16(7-9-17)26-19(27)13-28-18-4-2-3-15(11-18)21(22,23)24/h2-5,10-12,16-17H,6-9,13H2,1H3,(H,26,27). The maximum Gasteiger partial charge on any atom is 0.416 e. The lowest BCUT2D eigenvalue weighted by atomic mass is 9.93. The maximum atomic E-state index is 12.7. The summed E-state index contributed by atoms with van der Waals surface area (Å²) in [5, 5.41) is 2.87. The fourth-order valence-electron chi connectivity index (χ4n) is 3.20. The molecule has 1 amide bonds. The van der Waals surface area contributed by atoms with Crippen molar-refractivity contribution in [1.29, 1.82) is 0 Å². The van der Waals surface area contributed by atoms with Gasteiger partial charge in [-0.05, 0) is 56.4 Å². The van der Waals surface area contributed by atoms with E-state index in [0.29, 0.717) is 5.88 Å². The molecule has 5 nitrogen and oxygen atoms in total. The summed E-state index contributed by atoms with van der Waals surface area (Å²) in [6, 6.07) is 8.27. The Bertz CT molecular complexity index is 817. The first-order valence-corrected chi connectivity index (χ1v) is 9.48. The molecular weight excluding hydrogens is 385 g/mol. The highest BCUT2D eigenvalue weighted by molar-refractivity contribution is 5.77. The van der Waals surface area contributed by atoms with Crippen molar-refractivity contribution in [2.75, 3.05) is 6.61 Å². The average molecular weight is 408 g/mol. The van der Waals surface area contributed by atoms with Crippen molar-refractivity contribution in [1.82, 2.24) is 10.3 Å². The number of amides is 1. The third kappa shape index (κ3) is 6.37. The van der Waals surface area contributed by atoms with Crippen molar-refractivity contribution >= 4 is 5.91 Å². The number of nitrogens with one attached hydrogen (secondary N) is 1. The molecule has 0 spiro atoms. The van der Waals surface area contributed by atoms with E-state index < -0.39 is 11.7 Å². The smallest absolute Gasteiger partial charge is 0.416 e. The van der Waals surface area contributed by atoms with Crippen LogP contribution >= 0.6 is 0 Å². The lowest BCUT2D eigenvalue weighted by molar-refractivity contribution is -0.137. The number of ether oxygens (including phenoxy) is 2. The van der Waals surface area contributed by atoms with Crippen molar-refractivity contribution in [2.24, 2.45) is 0 Å². The van der Waals surface area contributed by atoms with Gasteiger partial charge >= 0.3 is 6.18 Å². The molecule has 1 fully saturated rings. The van der Waals surface area contributed by atoms with Crippen LogP contribution in [0.25, 0.3) is 0 Å². The van der Waals surface area contributed by atoms with E-state index in [4.69, 9.17) is 9.47 Å². The van der Waals surface area contributed by atoms with Crippen LogP contribution in [-0.2, 0) is 11.0 Å². The molecule has 1 aliphatic carbocycles. The van der Waals surface area contributed by atoms with Crippen LogP contribution in [0.15, 0.2) is 42.6 Å². The molecule has 1 aromatic heterocycles. The molecular formula is C21H23F3N2O3. The third-order valence-corrected chi connectivity index (χ3v) is 4.74. The van der Waals surface area contributed by atoms with E-state index in [9.17, 15) is 18.0 Å². The lowest BCUT2D eigenvalue weighted by Gasteiger charge is -2.29. The number of rotatable bonds is 6. The Labute approximate surface area is 167 Å². The fraction of sp³-hybridized carbons (Fsp3) is 0.429. The number of pyridine rings is 1. The van der Waals surface area contributed by atoms with Crippen LogP contribution in [0.5, 0.6) is 11.6 Å². The van der Waals surface area contributed by atoms with Crippen molar-refractivity contribution in [3.05, 3.63) is 53.7 Å². The van der Waals surface area contributed by atoms with Crippen LogP contribution < -0.4 is 14.8 Å². The predicted octanol–water partition coefficient (Wildman–Crippen LogP) is 4.29. The molecule has 0 saturated heterocycles. The molecule has 29 heavy (non-hydrogen) atoms. The number of carbonyl (C=O) groups is 1. The summed E-state index contributed by atoms with van der Waals surface area (Å²) < 4.78 is 49.2. The first-order chi connectivity index (χ1) is 13.8. The SMILES string of the molecule is Cc1ccc(OC2CCC(NC(=O)COc3cccc(C(F)(F)F)c3)CC2)nc1. The topological polar surface area (TPSA) is 60.5 Å². The number of hydrogen-bond donors (Lipinski definition) is 1. The lowest BCUT2D eigenvalue weighted by Crippen LogP contribution is -2.41. The van der Waals surface area contributed by atoms with Crippen LogP contribution in [0.3, 0.4) is 0 Å². The molecule has 1 N–H and O–H groups in total. The van der Waals surface area contributed by atoms with E-state index >= 15 is 0 Å². The second-order valence-electron chi connectivity index (χ2n) is 7.15. The summed E-state index contributed by atoms with van der Waals surface area (Å²) in [5.74, 6) is 0.252. The molecule has 0 unspecified atom stereocenters. The highest BCUT2D eigenvalue weighted by Crippen LogP contribution is 2.31. The number of benzene rings is 1. The zero-order valence-electron chi connectivity index (χ0n) is 16.0. The van der Waals surface area contributed by atoms with Crippen LogP contribution in [0.1, 0.15) is 36.8 Å². The minimum atomic E-state index is -4.45. The van der Waals surface area contributed by atoms with Gasteiger partial charge in [0.1, 0.15) is 11.9 Å². The minimum Gasteiger partial charge on any atom is -0.484 e. The molecule has 0 aliphatic heterocycles. The summed E-state index contributed by atoms with van der Waals surface area (Å²) >= 11 is 0. The van der Waals surface area contributed by atoms with E-state index in [-0.39, 0.29) is 30.4 Å². The van der Waals surface area contributed by atoms with Gasteiger partial charge in [-0.3, -0.25) is 4.79 Å². The summed E-state index contributed by atoms with van der Waals surface area (Å²) in [7, 11) is 0. The van der Waals surface area contributed by atoms with Crippen molar-refractivity contribution in [3.8, 4) is 11.6 Å². The molecule has 2 aromatic rings. The van der Waals surface area contributed by atoms with Crippen molar-refractivity contribution in [2.45, 2.75) is 50.9 Å². The van der Waals surface area contributed by atoms with Gasteiger partial charge in [0, 0.05) is 18.3 Å². The third-order valence-electron chi connectivity index (χ3n) is 4.74. The number of aromatic nitrogens is 1. The van der Waals surface area contributed by atoms with Gasteiger partial charge in [-0.15, -0.1) is 0 Å². The zero-order chi connectivity index (χ0) is 20.9. The number of aryl methyl sites for hydroxylation is 1. The zero-order valence-corrected chi connectivity index (χ0v) is 16.0. The highest BCUT2D eigenvalue weighted by atomic mass is 19.4. The Morgan fingerprint density at radius 3 is 2.59 bits per heavy atom. The Hall–Kier alpha value is -2.77. The number of carbonyl (C=O) groups excluding carboxylic acids is 1. The summed E-state index contributed by atoms with van der Waals surface area (Å²) in [5.41, 5.74) is 0.257. The Morgan fingerprint density at radius 2 is 1.93 bits per heavy atom. The largest absolute Gasteiger partial charge is 0.484 e. The van der Waals surface area contributed by atoms with Gasteiger partial charge in [0.2, 0.25) is 5.88 Å². The van der Waals surface area contributed by atoms with E-state index in [1.165, 1.54) is 12.1 Å². The molecule has 0 atom stereocenters. The predicted molar refractivity (Wildman–Crippen MR) is 101 cm³/mol. The summed E-state index contributed by atoms with van der Waals surface area (Å²) in [6.45, 7) is 1.63. The second-order valence-corrected chi connectivity index (χ2v) is 7.15. The summed E-state index contributed by atoms with van der Waals surface area (Å²) in [4.78, 5) is 16.3. The van der Waals surface area contributed by atoms with Gasteiger partial charge < -0.3 is 14.8 Å². The van der Waals surface area contributed by atoms with Gasteiger partial charge in [0.05, 0.1) is 5.56 Å². The molecule has 1 heterocycles. The van der Waals surface area contributed by atoms with Gasteiger partial charge in [-0.1, -0.05) is 12.1 Å². The number of hydrogen-bond acceptors (Lipinski definition) is 4. The Balaban J connectivity index is 1.40. The molecule has 156 valence electrons. The van der Waals surface area contributed by atoms with E-state index in [1.54, 1.807) is 6.20 Å². The normalized spacial score (nSPS) is 19.4. The number of nitrogens with zero attached hydrogens (tertiary/aromatic N) is 1.